The van der Waals surface area contributed by atoms with Crippen LogP contribution in [0.4, 0.5) is 5.69 Å². The van der Waals surface area contributed by atoms with Crippen molar-refractivity contribution in [2.75, 3.05) is 18.4 Å². The molecule has 1 rings (SSSR count). The maximum Gasteiger partial charge on any atom is 0.0915 e. The lowest BCUT2D eigenvalue weighted by molar-refractivity contribution is 0.163. The smallest absolute Gasteiger partial charge is 0.0915 e. The molecule has 3 N–H and O–H groups in total. The van der Waals surface area contributed by atoms with Gasteiger partial charge in [-0.05, 0) is 45.4 Å². The Kier molecular flexibility index (Phi) is 5.93. The summed E-state index contributed by atoms with van der Waals surface area (Å²) in [6.45, 7) is 9.32. The van der Waals surface area contributed by atoms with E-state index < -0.39 is 6.10 Å². The second kappa shape index (κ2) is 6.80. The van der Waals surface area contributed by atoms with Gasteiger partial charge < -0.3 is 15.7 Å². The van der Waals surface area contributed by atoms with E-state index in [4.69, 9.17) is 23.2 Å². The molecule has 1 aromatic rings. The minimum atomic E-state index is -0.634. The summed E-state index contributed by atoms with van der Waals surface area (Å²) in [5.41, 5.74) is 1.39. The lowest BCUT2D eigenvalue weighted by Crippen LogP contribution is -2.38. The Morgan fingerprint density at radius 2 is 1.74 bits per heavy atom. The molecule has 3 nitrogen and oxygen atoms in total. The Morgan fingerprint density at radius 3 is 2.16 bits per heavy atom. The first-order valence-electron chi connectivity index (χ1n) is 6.40. The van der Waals surface area contributed by atoms with Crippen LogP contribution in [0.25, 0.3) is 0 Å². The highest BCUT2D eigenvalue weighted by Gasteiger charge is 2.16. The van der Waals surface area contributed by atoms with Crippen LogP contribution in [0, 0.1) is 0 Å². The van der Waals surface area contributed by atoms with E-state index in [2.05, 4.69) is 10.6 Å². The number of aliphatic hydroxyl groups is 1. The fourth-order valence-corrected chi connectivity index (χ4v) is 2.29. The minimum Gasteiger partial charge on any atom is -0.387 e. The van der Waals surface area contributed by atoms with Gasteiger partial charge in [0.1, 0.15) is 0 Å². The average molecular weight is 305 g/mol. The number of rotatable bonds is 5. The van der Waals surface area contributed by atoms with Gasteiger partial charge in [0.15, 0.2) is 0 Å². The van der Waals surface area contributed by atoms with Crippen LogP contribution in [-0.4, -0.2) is 23.7 Å². The molecule has 1 atom stereocenters. The highest BCUT2D eigenvalue weighted by Crippen LogP contribution is 2.33. The molecule has 0 aliphatic rings. The molecule has 0 saturated heterocycles. The molecule has 0 radical (unpaired) electrons. The van der Waals surface area contributed by atoms with Gasteiger partial charge in [-0.25, -0.2) is 0 Å². The lowest BCUT2D eigenvalue weighted by atomic mass is 10.1. The van der Waals surface area contributed by atoms with Gasteiger partial charge in [-0.2, -0.15) is 0 Å². The molecule has 1 aromatic carbocycles. The van der Waals surface area contributed by atoms with Gasteiger partial charge in [-0.3, -0.25) is 0 Å². The number of β-amino-alcohol motifs (C(OH)–C–C–N with tert-alkyl or cyclic N) is 1. The summed E-state index contributed by atoms with van der Waals surface area (Å²) in [5.74, 6) is 0. The van der Waals surface area contributed by atoms with Crippen LogP contribution in [0.15, 0.2) is 12.1 Å². The fraction of sp³-hybridized carbons (Fsp3) is 0.571. The molecule has 0 aromatic heterocycles. The van der Waals surface area contributed by atoms with Crippen LogP contribution in [0.5, 0.6) is 0 Å². The van der Waals surface area contributed by atoms with Crippen LogP contribution in [0.1, 0.15) is 39.4 Å². The number of hydrogen-bond acceptors (Lipinski definition) is 3. The third kappa shape index (κ3) is 5.19. The van der Waals surface area contributed by atoms with Crippen LogP contribution < -0.4 is 10.6 Å². The normalized spacial score (nSPS) is 13.4. The highest BCUT2D eigenvalue weighted by molar-refractivity contribution is 6.39. The molecule has 0 fully saturated rings. The standard InChI is InChI=1S/C14H22Cl2N2O/c1-5-17-13-10(15)6-9(7-11(13)16)12(19)8-18-14(2,3)4/h6-7,12,17-19H,5,8H2,1-4H3. The molecule has 0 bridgehead atoms. The minimum absolute atomic E-state index is 0.0434. The molecule has 19 heavy (non-hydrogen) atoms. The second-order valence-electron chi connectivity index (χ2n) is 5.54. The monoisotopic (exact) mass is 304 g/mol. The quantitative estimate of drug-likeness (QED) is 0.774. The topological polar surface area (TPSA) is 44.3 Å². The number of aliphatic hydroxyl groups excluding tert-OH is 1. The van der Waals surface area contributed by atoms with E-state index in [1.165, 1.54) is 0 Å². The molecular formula is C14H22Cl2N2O. The van der Waals surface area contributed by atoms with Crippen molar-refractivity contribution < 1.29 is 5.11 Å². The molecule has 108 valence electrons. The van der Waals surface area contributed by atoms with E-state index in [9.17, 15) is 5.11 Å². The Morgan fingerprint density at radius 1 is 1.21 bits per heavy atom. The molecule has 0 heterocycles. The van der Waals surface area contributed by atoms with E-state index in [0.29, 0.717) is 27.8 Å². The van der Waals surface area contributed by atoms with E-state index in [1.807, 2.05) is 27.7 Å². The molecule has 0 amide bonds. The van der Waals surface area contributed by atoms with Gasteiger partial charge in [0, 0.05) is 18.6 Å². The Bertz CT molecular complexity index is 407. The summed E-state index contributed by atoms with van der Waals surface area (Å²) in [7, 11) is 0. The van der Waals surface area contributed by atoms with E-state index in [-0.39, 0.29) is 5.54 Å². The van der Waals surface area contributed by atoms with Crippen molar-refractivity contribution in [3.8, 4) is 0 Å². The van der Waals surface area contributed by atoms with Crippen molar-refractivity contribution in [3.05, 3.63) is 27.7 Å². The zero-order chi connectivity index (χ0) is 14.6. The zero-order valence-corrected chi connectivity index (χ0v) is 13.4. The summed E-state index contributed by atoms with van der Waals surface area (Å²) in [6, 6.07) is 3.50. The van der Waals surface area contributed by atoms with Crippen molar-refractivity contribution in [1.29, 1.82) is 0 Å². The van der Waals surface area contributed by atoms with Crippen molar-refractivity contribution in [1.82, 2.24) is 5.32 Å². The predicted molar refractivity (Wildman–Crippen MR) is 83.3 cm³/mol. The van der Waals surface area contributed by atoms with Crippen molar-refractivity contribution >= 4 is 28.9 Å². The zero-order valence-electron chi connectivity index (χ0n) is 11.8. The number of hydrogen-bond donors (Lipinski definition) is 3. The van der Waals surface area contributed by atoms with Crippen molar-refractivity contribution in [2.45, 2.75) is 39.3 Å². The van der Waals surface area contributed by atoms with Gasteiger partial charge in [-0.1, -0.05) is 23.2 Å². The third-order valence-electron chi connectivity index (χ3n) is 2.63. The Labute approximate surface area is 125 Å². The van der Waals surface area contributed by atoms with E-state index in [1.54, 1.807) is 12.1 Å². The summed E-state index contributed by atoms with van der Waals surface area (Å²) in [4.78, 5) is 0. The van der Waals surface area contributed by atoms with Gasteiger partial charge in [0.25, 0.3) is 0 Å². The predicted octanol–water partition coefficient (Wildman–Crippen LogP) is 3.85. The second-order valence-corrected chi connectivity index (χ2v) is 6.35. The highest BCUT2D eigenvalue weighted by atomic mass is 35.5. The molecule has 5 heteroatoms. The summed E-state index contributed by atoms with van der Waals surface area (Å²) in [6.07, 6.45) is -0.634. The number of anilines is 1. The summed E-state index contributed by atoms with van der Waals surface area (Å²) in [5, 5.41) is 17.6. The molecule has 0 spiro atoms. The largest absolute Gasteiger partial charge is 0.387 e. The average Bonchev–Trinajstić information content (AvgIpc) is 2.29. The fourth-order valence-electron chi connectivity index (χ4n) is 1.65. The van der Waals surface area contributed by atoms with Gasteiger partial charge in [0.05, 0.1) is 21.8 Å². The first-order chi connectivity index (χ1) is 8.74. The number of benzene rings is 1. The maximum absolute atomic E-state index is 10.2. The SMILES string of the molecule is CCNc1c(Cl)cc(C(O)CNC(C)(C)C)cc1Cl. The van der Waals surface area contributed by atoms with Crippen molar-refractivity contribution in [3.63, 3.8) is 0 Å². The molecule has 0 aliphatic carbocycles. The molecule has 0 saturated carbocycles. The van der Waals surface area contributed by atoms with Crippen molar-refractivity contribution in [2.24, 2.45) is 0 Å². The van der Waals surface area contributed by atoms with Gasteiger partial charge >= 0.3 is 0 Å². The van der Waals surface area contributed by atoms with E-state index >= 15 is 0 Å². The first kappa shape index (κ1) is 16.6. The number of halogens is 2. The van der Waals surface area contributed by atoms with Crippen LogP contribution in [0.2, 0.25) is 10.0 Å². The van der Waals surface area contributed by atoms with E-state index in [0.717, 1.165) is 6.54 Å². The maximum atomic E-state index is 10.2. The number of nitrogens with one attached hydrogen (secondary N) is 2. The summed E-state index contributed by atoms with van der Waals surface area (Å²) < 4.78 is 0. The molecular weight excluding hydrogens is 283 g/mol. The van der Waals surface area contributed by atoms with Gasteiger partial charge in [-0.15, -0.1) is 0 Å². The van der Waals surface area contributed by atoms with Gasteiger partial charge in [0.2, 0.25) is 0 Å². The Balaban J connectivity index is 2.84. The lowest BCUT2D eigenvalue weighted by Gasteiger charge is -2.23. The Hall–Kier alpha value is -0.480. The first-order valence-corrected chi connectivity index (χ1v) is 7.16. The van der Waals surface area contributed by atoms with Crippen LogP contribution >= 0.6 is 23.2 Å². The molecule has 1 unspecified atom stereocenters. The summed E-state index contributed by atoms with van der Waals surface area (Å²) >= 11 is 12.3. The van der Waals surface area contributed by atoms with Crippen LogP contribution in [-0.2, 0) is 0 Å². The third-order valence-corrected chi connectivity index (χ3v) is 3.22. The van der Waals surface area contributed by atoms with Crippen LogP contribution in [0.3, 0.4) is 0 Å². The molecule has 0 aliphatic heterocycles.